The summed E-state index contributed by atoms with van der Waals surface area (Å²) in [7, 11) is -9.75. The van der Waals surface area contributed by atoms with E-state index in [0.717, 1.165) is 63.7 Å². The number of carbonyl (C=O) groups is 2. The summed E-state index contributed by atoms with van der Waals surface area (Å²) in [4.78, 5) is 53.0. The number of phosphoric ester groups is 2. The van der Waals surface area contributed by atoms with Crippen molar-refractivity contribution in [3.63, 3.8) is 0 Å². The highest BCUT2D eigenvalue weighted by molar-refractivity contribution is 7.47. The maximum atomic E-state index is 12.7. The molecule has 7 N–H and O–H groups in total. The number of phosphoric acid groups is 2. The third-order valence-corrected chi connectivity index (χ3v) is 12.4. The van der Waals surface area contributed by atoms with E-state index in [1.165, 1.54) is 44.9 Å². The van der Waals surface area contributed by atoms with E-state index in [-0.39, 0.29) is 24.7 Å². The summed E-state index contributed by atoms with van der Waals surface area (Å²) in [6.45, 7) is 3.73. The van der Waals surface area contributed by atoms with Crippen molar-refractivity contribution in [2.24, 2.45) is 17.8 Å². The number of hydrogen-bond donors (Lipinski definition) is 7. The Morgan fingerprint density at radius 2 is 1.18 bits per heavy atom. The molecule has 0 aromatic rings. The van der Waals surface area contributed by atoms with Crippen molar-refractivity contribution in [2.75, 3.05) is 26.4 Å². The van der Waals surface area contributed by atoms with Crippen molar-refractivity contribution in [1.82, 2.24) is 0 Å². The molecule has 1 aliphatic carbocycles. The number of ether oxygens (including phenoxy) is 2. The minimum Gasteiger partial charge on any atom is -0.462 e. The lowest BCUT2D eigenvalue weighted by atomic mass is 9.88. The average molecular weight is 917 g/mol. The van der Waals surface area contributed by atoms with Gasteiger partial charge in [-0.05, 0) is 37.5 Å². The predicted molar refractivity (Wildman–Crippen MR) is 232 cm³/mol. The van der Waals surface area contributed by atoms with Crippen LogP contribution in [0.15, 0.2) is 12.2 Å². The molecule has 0 aromatic heterocycles. The first-order valence-electron chi connectivity index (χ1n) is 23.0. The first-order valence-corrected chi connectivity index (χ1v) is 26.0. The molecule has 0 aromatic carbocycles. The maximum absolute atomic E-state index is 12.7. The van der Waals surface area contributed by atoms with Gasteiger partial charge in [0.15, 0.2) is 6.10 Å². The number of esters is 2. The fraction of sp³-hybridized carbons (Fsp3) is 0.907. The van der Waals surface area contributed by atoms with Gasteiger partial charge in [-0.15, -0.1) is 0 Å². The van der Waals surface area contributed by atoms with Crippen molar-refractivity contribution in [3.05, 3.63) is 12.2 Å². The van der Waals surface area contributed by atoms with Crippen LogP contribution in [0.25, 0.3) is 0 Å². The molecule has 0 radical (unpaired) electrons. The Labute approximate surface area is 365 Å². The Morgan fingerprint density at radius 1 is 0.656 bits per heavy atom. The topological polar surface area (TPSA) is 256 Å². The third-order valence-electron chi connectivity index (χ3n) is 10.9. The summed E-state index contributed by atoms with van der Waals surface area (Å²) >= 11 is 0. The van der Waals surface area contributed by atoms with Gasteiger partial charge in [-0.25, -0.2) is 9.13 Å². The van der Waals surface area contributed by atoms with Crippen LogP contribution in [0, 0.1) is 17.8 Å². The van der Waals surface area contributed by atoms with Crippen LogP contribution in [-0.4, -0.2) is 104 Å². The molecular formula is C43H82O16P2. The van der Waals surface area contributed by atoms with E-state index in [9.17, 15) is 44.0 Å². The zero-order chi connectivity index (χ0) is 45.5. The highest BCUT2D eigenvalue weighted by Gasteiger charge is 2.39. The molecule has 18 heteroatoms. The molecule has 1 unspecified atom stereocenters. The Kier molecular flexibility index (Phi) is 32.3. The maximum Gasteiger partial charge on any atom is 0.472 e. The molecule has 61 heavy (non-hydrogen) atoms. The number of hydrogen-bond acceptors (Lipinski definition) is 13. The fourth-order valence-electron chi connectivity index (χ4n) is 7.39. The molecule has 1 aliphatic rings. The predicted octanol–water partition coefficient (Wildman–Crippen LogP) is 7.97. The lowest BCUT2D eigenvalue weighted by Crippen LogP contribution is -2.30. The Morgan fingerprint density at radius 3 is 1.77 bits per heavy atom. The molecule has 0 spiro atoms. The SMILES string of the molecule is CCCCC[C@H](O)/C=C/[C@@H]1[C@@H](CCCCCCC(=O)OC[C@H](COP(=O)(O)OC[C@@H](O)COP(=O)(O)O)OC(=O)CCCCCCCCCCCCCC(C)C)[C@@H](O)C[C@H]1O. The summed E-state index contributed by atoms with van der Waals surface area (Å²) in [5.41, 5.74) is 0. The first-order chi connectivity index (χ1) is 28.9. The van der Waals surface area contributed by atoms with E-state index in [1.807, 2.05) is 6.08 Å². The van der Waals surface area contributed by atoms with E-state index in [4.69, 9.17) is 23.8 Å². The largest absolute Gasteiger partial charge is 0.472 e. The van der Waals surface area contributed by atoms with E-state index in [0.29, 0.717) is 38.5 Å². The summed E-state index contributed by atoms with van der Waals surface area (Å²) < 4.78 is 47.8. The Balaban J connectivity index is 2.52. The van der Waals surface area contributed by atoms with Crippen LogP contribution in [-0.2, 0) is 41.8 Å². The molecule has 8 atom stereocenters. The molecule has 1 saturated carbocycles. The fourth-order valence-corrected chi connectivity index (χ4v) is 8.55. The van der Waals surface area contributed by atoms with Gasteiger partial charge in [0.2, 0.25) is 0 Å². The molecule has 360 valence electrons. The van der Waals surface area contributed by atoms with Gasteiger partial charge in [0.05, 0.1) is 38.1 Å². The van der Waals surface area contributed by atoms with E-state index >= 15 is 0 Å². The molecular weight excluding hydrogens is 834 g/mol. The van der Waals surface area contributed by atoms with Crippen molar-refractivity contribution in [1.29, 1.82) is 0 Å². The highest BCUT2D eigenvalue weighted by atomic mass is 31.2. The monoisotopic (exact) mass is 917 g/mol. The van der Waals surface area contributed by atoms with Crippen molar-refractivity contribution >= 4 is 27.6 Å². The standard InChI is InChI=1S/C43H82O16P2/c1-4-5-17-23-35(44)27-28-39-38(40(46)29-41(39)47)24-19-15-16-20-25-42(48)55-32-37(33-58-61(53,54)57-31-36(45)30-56-60(50,51)52)59-43(49)26-21-14-12-10-8-6-7-9-11-13-18-22-34(2)3/h27-28,34-41,44-47H,4-26,29-33H2,1-3H3,(H,53,54)(H2,50,51,52)/b28-27+/t35-,36-,37+,38+,39+,40-,41+/m0/s1. The third kappa shape index (κ3) is 32.1. The second kappa shape index (κ2) is 34.1. The van der Waals surface area contributed by atoms with Crippen molar-refractivity contribution in [2.45, 2.75) is 205 Å². The normalized spacial score (nSPS) is 20.8. The minimum absolute atomic E-state index is 0.0715. The van der Waals surface area contributed by atoms with Crippen LogP contribution in [0.2, 0.25) is 0 Å². The van der Waals surface area contributed by atoms with Crippen molar-refractivity contribution in [3.8, 4) is 0 Å². The smallest absolute Gasteiger partial charge is 0.462 e. The Hall–Kier alpha value is -1.26. The van der Waals surface area contributed by atoms with Gasteiger partial charge in [0.25, 0.3) is 0 Å². The van der Waals surface area contributed by atoms with Gasteiger partial charge in [-0.2, -0.15) is 0 Å². The van der Waals surface area contributed by atoms with Crippen LogP contribution in [0.1, 0.15) is 175 Å². The van der Waals surface area contributed by atoms with E-state index < -0.39 is 84.5 Å². The molecule has 1 fully saturated rings. The second-order valence-corrected chi connectivity index (χ2v) is 19.8. The lowest BCUT2D eigenvalue weighted by Gasteiger charge is -2.21. The van der Waals surface area contributed by atoms with Crippen LogP contribution < -0.4 is 0 Å². The molecule has 16 nitrogen and oxygen atoms in total. The van der Waals surface area contributed by atoms with Crippen molar-refractivity contribution < 1.29 is 76.9 Å². The summed E-state index contributed by atoms with van der Waals surface area (Å²) in [6.07, 6.45) is 19.9. The minimum atomic E-state index is -4.89. The molecule has 1 rings (SSSR count). The Bertz CT molecular complexity index is 1260. The summed E-state index contributed by atoms with van der Waals surface area (Å²) in [5.74, 6) is -0.755. The number of carbonyl (C=O) groups excluding carboxylic acids is 2. The van der Waals surface area contributed by atoms with Gasteiger partial charge < -0.3 is 44.6 Å². The molecule has 0 saturated heterocycles. The molecule has 0 amide bonds. The summed E-state index contributed by atoms with van der Waals surface area (Å²) in [5, 5.41) is 41.1. The first kappa shape index (κ1) is 57.8. The molecule has 0 aliphatic heterocycles. The van der Waals surface area contributed by atoms with Gasteiger partial charge in [0, 0.05) is 25.2 Å². The van der Waals surface area contributed by atoms with Crippen LogP contribution in [0.5, 0.6) is 0 Å². The van der Waals surface area contributed by atoms with Gasteiger partial charge in [0.1, 0.15) is 12.7 Å². The zero-order valence-corrected chi connectivity index (χ0v) is 39.1. The van der Waals surface area contributed by atoms with Crippen LogP contribution >= 0.6 is 15.6 Å². The zero-order valence-electron chi connectivity index (χ0n) is 37.3. The molecule has 0 heterocycles. The van der Waals surface area contributed by atoms with Gasteiger partial charge >= 0.3 is 27.6 Å². The van der Waals surface area contributed by atoms with E-state index in [1.54, 1.807) is 6.08 Å². The number of aliphatic hydroxyl groups excluding tert-OH is 4. The number of aliphatic hydroxyl groups is 4. The van der Waals surface area contributed by atoms with Crippen LogP contribution in [0.3, 0.4) is 0 Å². The number of unbranched alkanes of at least 4 members (excludes halogenated alkanes) is 15. The highest BCUT2D eigenvalue weighted by Crippen LogP contribution is 2.44. The average Bonchev–Trinajstić information content (AvgIpc) is 3.46. The number of rotatable bonds is 39. The quantitative estimate of drug-likeness (QED) is 0.0134. The molecule has 0 bridgehead atoms. The van der Waals surface area contributed by atoms with E-state index in [2.05, 4.69) is 29.8 Å². The second-order valence-electron chi connectivity index (χ2n) is 17.1. The summed E-state index contributed by atoms with van der Waals surface area (Å²) in [6, 6.07) is 0. The van der Waals surface area contributed by atoms with Gasteiger partial charge in [-0.1, -0.05) is 142 Å². The lowest BCUT2D eigenvalue weighted by molar-refractivity contribution is -0.161. The van der Waals surface area contributed by atoms with Gasteiger partial charge in [-0.3, -0.25) is 23.2 Å². The van der Waals surface area contributed by atoms with Crippen LogP contribution in [0.4, 0.5) is 0 Å².